The lowest BCUT2D eigenvalue weighted by molar-refractivity contribution is -0.118. The molecule has 24 heavy (non-hydrogen) atoms. The summed E-state index contributed by atoms with van der Waals surface area (Å²) in [6.07, 6.45) is -0.202. The maximum absolute atomic E-state index is 12.5. The standard InChI is InChI=1S/C17H22N2O5/c1-10-5-6-11(9-12(10)15(21)22)19-8-7-13(14(19)20)18-16(23)24-17(2,3)4/h5-6,9,13H,7-8H2,1-4H3,(H,18,23)(H,21,22). The summed E-state index contributed by atoms with van der Waals surface area (Å²) in [6.45, 7) is 7.34. The number of carboxylic acids is 1. The van der Waals surface area contributed by atoms with Gasteiger partial charge in [0.25, 0.3) is 0 Å². The number of aryl methyl sites for hydroxylation is 1. The normalized spacial score (nSPS) is 17.8. The quantitative estimate of drug-likeness (QED) is 0.884. The Morgan fingerprint density at radius 1 is 1.33 bits per heavy atom. The topological polar surface area (TPSA) is 95.9 Å². The zero-order chi connectivity index (χ0) is 18.1. The number of nitrogens with zero attached hydrogens (tertiary/aromatic N) is 1. The van der Waals surface area contributed by atoms with Crippen molar-refractivity contribution in [3.8, 4) is 0 Å². The minimum atomic E-state index is -1.04. The largest absolute Gasteiger partial charge is 0.478 e. The lowest BCUT2D eigenvalue weighted by Gasteiger charge is -2.22. The van der Waals surface area contributed by atoms with E-state index < -0.39 is 23.7 Å². The highest BCUT2D eigenvalue weighted by molar-refractivity contribution is 6.02. The van der Waals surface area contributed by atoms with Gasteiger partial charge >= 0.3 is 12.1 Å². The van der Waals surface area contributed by atoms with Crippen molar-refractivity contribution in [1.82, 2.24) is 5.32 Å². The van der Waals surface area contributed by atoms with Crippen LogP contribution < -0.4 is 10.2 Å². The molecule has 2 rings (SSSR count). The Balaban J connectivity index is 2.10. The highest BCUT2D eigenvalue weighted by atomic mass is 16.6. The van der Waals surface area contributed by atoms with Gasteiger partial charge in [-0.05, 0) is 51.8 Å². The first kappa shape index (κ1) is 17.8. The first-order valence-electron chi connectivity index (χ1n) is 7.73. The molecule has 7 nitrogen and oxygen atoms in total. The van der Waals surface area contributed by atoms with E-state index in [1.807, 2.05) is 0 Å². The summed E-state index contributed by atoms with van der Waals surface area (Å²) < 4.78 is 5.16. The summed E-state index contributed by atoms with van der Waals surface area (Å²) >= 11 is 0. The fraction of sp³-hybridized carbons (Fsp3) is 0.471. The molecule has 7 heteroatoms. The molecule has 2 N–H and O–H groups in total. The second-order valence-corrected chi connectivity index (χ2v) is 6.78. The molecule has 1 saturated heterocycles. The van der Waals surface area contributed by atoms with E-state index in [0.29, 0.717) is 24.2 Å². The van der Waals surface area contributed by atoms with E-state index in [2.05, 4.69) is 5.32 Å². The fourth-order valence-corrected chi connectivity index (χ4v) is 2.53. The monoisotopic (exact) mass is 334 g/mol. The van der Waals surface area contributed by atoms with Gasteiger partial charge in [-0.3, -0.25) is 4.79 Å². The summed E-state index contributed by atoms with van der Waals surface area (Å²) in [6, 6.07) is 4.18. The second-order valence-electron chi connectivity index (χ2n) is 6.78. The summed E-state index contributed by atoms with van der Waals surface area (Å²) in [5.41, 5.74) is 0.653. The Morgan fingerprint density at radius 2 is 2.00 bits per heavy atom. The van der Waals surface area contributed by atoms with Gasteiger partial charge in [-0.25, -0.2) is 9.59 Å². The number of rotatable bonds is 3. The number of carboxylic acid groups (broad SMARTS) is 1. The number of benzene rings is 1. The van der Waals surface area contributed by atoms with Crippen LogP contribution in [0.3, 0.4) is 0 Å². The molecular weight excluding hydrogens is 312 g/mol. The van der Waals surface area contributed by atoms with Gasteiger partial charge in [0.15, 0.2) is 0 Å². The van der Waals surface area contributed by atoms with Gasteiger partial charge in [0.1, 0.15) is 11.6 Å². The molecule has 0 aromatic heterocycles. The van der Waals surface area contributed by atoms with Crippen LogP contribution in [0.25, 0.3) is 0 Å². The molecule has 1 atom stereocenters. The van der Waals surface area contributed by atoms with Crippen LogP contribution in [0.2, 0.25) is 0 Å². The Bertz CT molecular complexity index is 678. The lowest BCUT2D eigenvalue weighted by atomic mass is 10.1. The zero-order valence-corrected chi connectivity index (χ0v) is 14.3. The summed E-state index contributed by atoms with van der Waals surface area (Å²) in [4.78, 5) is 37.0. The molecule has 0 radical (unpaired) electrons. The number of anilines is 1. The van der Waals surface area contributed by atoms with Gasteiger partial charge in [-0.2, -0.15) is 0 Å². The van der Waals surface area contributed by atoms with Gasteiger partial charge in [-0.1, -0.05) is 6.07 Å². The first-order chi connectivity index (χ1) is 11.1. The molecule has 0 spiro atoms. The summed E-state index contributed by atoms with van der Waals surface area (Å²) in [5.74, 6) is -1.31. The molecule has 1 aliphatic heterocycles. The van der Waals surface area contributed by atoms with Crippen molar-refractivity contribution in [3.63, 3.8) is 0 Å². The van der Waals surface area contributed by atoms with Crippen molar-refractivity contribution in [2.24, 2.45) is 0 Å². The molecular formula is C17H22N2O5. The highest BCUT2D eigenvalue weighted by Gasteiger charge is 2.35. The van der Waals surface area contributed by atoms with E-state index in [9.17, 15) is 19.5 Å². The van der Waals surface area contributed by atoms with Gasteiger partial charge < -0.3 is 20.1 Å². The van der Waals surface area contributed by atoms with E-state index in [1.165, 1.54) is 11.0 Å². The number of amides is 2. The molecule has 1 aromatic rings. The van der Waals surface area contributed by atoms with Crippen LogP contribution >= 0.6 is 0 Å². The molecule has 1 aromatic carbocycles. The van der Waals surface area contributed by atoms with E-state index in [1.54, 1.807) is 39.8 Å². The average Bonchev–Trinajstić information content (AvgIpc) is 2.78. The minimum Gasteiger partial charge on any atom is -0.478 e. The van der Waals surface area contributed by atoms with Crippen molar-refractivity contribution in [1.29, 1.82) is 0 Å². The molecule has 1 aliphatic rings. The summed E-state index contributed by atoms with van der Waals surface area (Å²) in [5, 5.41) is 11.8. The second kappa shape index (κ2) is 6.51. The third-order valence-electron chi connectivity index (χ3n) is 3.66. The number of aromatic carboxylic acids is 1. The third kappa shape index (κ3) is 4.04. The van der Waals surface area contributed by atoms with Crippen molar-refractivity contribution in [3.05, 3.63) is 29.3 Å². The van der Waals surface area contributed by atoms with E-state index >= 15 is 0 Å². The molecule has 1 unspecified atom stereocenters. The van der Waals surface area contributed by atoms with Crippen LogP contribution in [0.4, 0.5) is 10.5 Å². The molecule has 0 saturated carbocycles. The predicted molar refractivity (Wildman–Crippen MR) is 88.3 cm³/mol. The van der Waals surface area contributed by atoms with E-state index in [4.69, 9.17) is 4.74 Å². The number of ether oxygens (including phenoxy) is 1. The number of carbonyl (C=O) groups excluding carboxylic acids is 2. The molecule has 130 valence electrons. The maximum Gasteiger partial charge on any atom is 0.408 e. The number of carbonyl (C=O) groups is 3. The molecule has 1 fully saturated rings. The average molecular weight is 334 g/mol. The predicted octanol–water partition coefficient (Wildman–Crippen LogP) is 2.32. The number of alkyl carbamates (subject to hydrolysis) is 1. The summed E-state index contributed by atoms with van der Waals surface area (Å²) in [7, 11) is 0. The van der Waals surface area contributed by atoms with Crippen molar-refractivity contribution < 1.29 is 24.2 Å². The minimum absolute atomic E-state index is 0.156. The number of nitrogens with one attached hydrogen (secondary N) is 1. The number of hydrogen-bond acceptors (Lipinski definition) is 4. The molecule has 0 bridgehead atoms. The van der Waals surface area contributed by atoms with Crippen molar-refractivity contribution in [2.75, 3.05) is 11.4 Å². The third-order valence-corrected chi connectivity index (χ3v) is 3.66. The maximum atomic E-state index is 12.5. The van der Waals surface area contributed by atoms with Crippen LogP contribution in [0.1, 0.15) is 43.1 Å². The Morgan fingerprint density at radius 3 is 2.58 bits per heavy atom. The zero-order valence-electron chi connectivity index (χ0n) is 14.3. The Labute approximate surface area is 140 Å². The van der Waals surface area contributed by atoms with Crippen LogP contribution in [0.5, 0.6) is 0 Å². The Kier molecular flexibility index (Phi) is 4.82. The van der Waals surface area contributed by atoms with E-state index in [0.717, 1.165) is 0 Å². The highest BCUT2D eigenvalue weighted by Crippen LogP contribution is 2.24. The van der Waals surface area contributed by atoms with Crippen LogP contribution in [-0.4, -0.2) is 41.3 Å². The molecule has 2 amide bonds. The van der Waals surface area contributed by atoms with Crippen LogP contribution in [-0.2, 0) is 9.53 Å². The van der Waals surface area contributed by atoms with Gasteiger partial charge in [0, 0.05) is 12.2 Å². The SMILES string of the molecule is Cc1ccc(N2CCC(NC(=O)OC(C)(C)C)C2=O)cc1C(=O)O. The van der Waals surface area contributed by atoms with Gasteiger partial charge in [0.2, 0.25) is 5.91 Å². The van der Waals surface area contributed by atoms with Gasteiger partial charge in [-0.15, -0.1) is 0 Å². The first-order valence-corrected chi connectivity index (χ1v) is 7.73. The Hall–Kier alpha value is -2.57. The van der Waals surface area contributed by atoms with Gasteiger partial charge in [0.05, 0.1) is 5.56 Å². The molecule has 0 aliphatic carbocycles. The lowest BCUT2D eigenvalue weighted by Crippen LogP contribution is -2.43. The van der Waals surface area contributed by atoms with E-state index in [-0.39, 0.29) is 11.5 Å². The fourth-order valence-electron chi connectivity index (χ4n) is 2.53. The number of hydrogen-bond donors (Lipinski definition) is 2. The van der Waals surface area contributed by atoms with Crippen molar-refractivity contribution >= 4 is 23.7 Å². The van der Waals surface area contributed by atoms with Crippen LogP contribution in [0, 0.1) is 6.92 Å². The smallest absolute Gasteiger partial charge is 0.408 e. The van der Waals surface area contributed by atoms with Crippen LogP contribution in [0.15, 0.2) is 18.2 Å². The van der Waals surface area contributed by atoms with Crippen molar-refractivity contribution in [2.45, 2.75) is 45.8 Å². The molecule has 1 heterocycles.